The molecule has 172 valence electrons. The third kappa shape index (κ3) is 8.45. The lowest BCUT2D eigenvalue weighted by molar-refractivity contribution is -0.385. The van der Waals surface area contributed by atoms with Gasteiger partial charge in [-0.3, -0.25) is 29.8 Å². The maximum atomic E-state index is 10.7. The third-order valence-corrected chi connectivity index (χ3v) is 4.47. The number of nitrogens with one attached hydrogen (secondary N) is 2. The average Bonchev–Trinajstić information content (AvgIpc) is 2.76. The molecule has 2 rings (SSSR count). The molecule has 0 bridgehead atoms. The van der Waals surface area contributed by atoms with Crippen LogP contribution in [0.4, 0.5) is 11.4 Å². The molecule has 4 N–H and O–H groups in total. The van der Waals surface area contributed by atoms with Gasteiger partial charge in [0.25, 0.3) is 11.4 Å². The van der Waals surface area contributed by atoms with E-state index in [-0.39, 0.29) is 11.4 Å². The summed E-state index contributed by atoms with van der Waals surface area (Å²) in [6.07, 6.45) is 0.591. The normalized spacial score (nSPS) is 12.1. The van der Waals surface area contributed by atoms with Crippen LogP contribution in [-0.4, -0.2) is 58.2 Å². The van der Waals surface area contributed by atoms with Gasteiger partial charge in [0.1, 0.15) is 12.1 Å². The van der Waals surface area contributed by atoms with Crippen LogP contribution in [0, 0.1) is 20.2 Å². The molecule has 0 heterocycles. The molecular weight excluding hydrogens is 424 g/mol. The van der Waals surface area contributed by atoms with Crippen molar-refractivity contribution in [3.63, 3.8) is 0 Å². The zero-order valence-corrected chi connectivity index (χ0v) is 17.4. The Hall–Kier alpha value is -3.90. The molecule has 0 amide bonds. The molecule has 12 heteroatoms. The lowest BCUT2D eigenvalue weighted by Crippen LogP contribution is -2.35. The highest BCUT2D eigenvalue weighted by atomic mass is 16.6. The molecule has 0 aliphatic heterocycles. The monoisotopic (exact) mass is 448 g/mol. The minimum absolute atomic E-state index is 0.0000765. The fraction of sp³-hybridized carbons (Fsp3) is 0.300. The van der Waals surface area contributed by atoms with Gasteiger partial charge < -0.3 is 20.8 Å². The Morgan fingerprint density at radius 1 is 0.750 bits per heavy atom. The Morgan fingerprint density at radius 2 is 1.03 bits per heavy atom. The van der Waals surface area contributed by atoms with Gasteiger partial charge in [0.15, 0.2) is 0 Å². The summed E-state index contributed by atoms with van der Waals surface area (Å²) < 4.78 is 0. The number of carboxylic acids is 2. The standard InChI is InChI=1S/2C10H12N2O4/c2*1-11-9(10(13)14)6-7-2-4-8(5-3-7)12(15)16/h2*2-5,9,11H,6H2,1H3,(H,13,14)/t2*9-/m00/s1. The minimum atomic E-state index is -0.944. The number of likely N-dealkylation sites (N-methyl/N-ethyl adjacent to an activating group) is 2. The van der Waals surface area contributed by atoms with Crippen LogP contribution in [0.1, 0.15) is 11.1 Å². The van der Waals surface area contributed by atoms with Crippen molar-refractivity contribution in [2.45, 2.75) is 24.9 Å². The van der Waals surface area contributed by atoms with E-state index in [1.165, 1.54) is 24.3 Å². The lowest BCUT2D eigenvalue weighted by atomic mass is 10.1. The smallest absolute Gasteiger partial charge is 0.321 e. The van der Waals surface area contributed by atoms with Crippen LogP contribution in [0.5, 0.6) is 0 Å². The van der Waals surface area contributed by atoms with Crippen molar-refractivity contribution in [2.24, 2.45) is 0 Å². The molecule has 0 aromatic heterocycles. The van der Waals surface area contributed by atoms with E-state index in [0.717, 1.165) is 11.1 Å². The summed E-state index contributed by atoms with van der Waals surface area (Å²) in [6.45, 7) is 0. The van der Waals surface area contributed by atoms with Crippen LogP contribution >= 0.6 is 0 Å². The first-order valence-electron chi connectivity index (χ1n) is 9.35. The summed E-state index contributed by atoms with van der Waals surface area (Å²) in [6, 6.07) is 10.3. The molecule has 2 aromatic carbocycles. The molecule has 32 heavy (non-hydrogen) atoms. The highest BCUT2D eigenvalue weighted by Gasteiger charge is 2.16. The summed E-state index contributed by atoms with van der Waals surface area (Å²) in [5.41, 5.74) is 1.49. The summed E-state index contributed by atoms with van der Waals surface area (Å²) in [5.74, 6) is -1.89. The second-order valence-corrected chi connectivity index (χ2v) is 6.61. The lowest BCUT2D eigenvalue weighted by Gasteiger charge is -2.10. The molecule has 0 aliphatic rings. The Morgan fingerprint density at radius 3 is 1.22 bits per heavy atom. The number of nitro groups is 2. The first-order chi connectivity index (χ1) is 15.1. The average molecular weight is 448 g/mol. The van der Waals surface area contributed by atoms with Crippen LogP contribution in [0.25, 0.3) is 0 Å². The predicted molar refractivity (Wildman–Crippen MR) is 115 cm³/mol. The molecule has 2 atom stereocenters. The van der Waals surface area contributed by atoms with Crippen molar-refractivity contribution in [1.82, 2.24) is 10.6 Å². The number of carboxylic acid groups (broad SMARTS) is 2. The van der Waals surface area contributed by atoms with Gasteiger partial charge in [-0.25, -0.2) is 0 Å². The Labute approximate surface area is 183 Å². The van der Waals surface area contributed by atoms with Gasteiger partial charge in [-0.05, 0) is 38.1 Å². The van der Waals surface area contributed by atoms with Gasteiger partial charge in [-0.2, -0.15) is 0 Å². The summed E-state index contributed by atoms with van der Waals surface area (Å²) in [4.78, 5) is 41.3. The quantitative estimate of drug-likeness (QED) is 0.307. The van der Waals surface area contributed by atoms with Gasteiger partial charge in [0, 0.05) is 24.3 Å². The number of nitro benzene ring substituents is 2. The Bertz CT molecular complexity index is 854. The second-order valence-electron chi connectivity index (χ2n) is 6.61. The number of rotatable bonds is 10. The molecule has 0 radical (unpaired) electrons. The van der Waals surface area contributed by atoms with Crippen molar-refractivity contribution in [2.75, 3.05) is 14.1 Å². The van der Waals surface area contributed by atoms with Gasteiger partial charge in [0.2, 0.25) is 0 Å². The van der Waals surface area contributed by atoms with E-state index in [2.05, 4.69) is 10.6 Å². The number of carbonyl (C=O) groups is 2. The minimum Gasteiger partial charge on any atom is -0.480 e. The van der Waals surface area contributed by atoms with Gasteiger partial charge in [-0.15, -0.1) is 0 Å². The summed E-state index contributed by atoms with van der Waals surface area (Å²) >= 11 is 0. The van der Waals surface area contributed by atoms with Crippen molar-refractivity contribution < 1.29 is 29.6 Å². The molecule has 0 aliphatic carbocycles. The summed E-state index contributed by atoms with van der Waals surface area (Å²) in [5, 5.41) is 43.7. The van der Waals surface area contributed by atoms with Crippen LogP contribution in [0.15, 0.2) is 48.5 Å². The van der Waals surface area contributed by atoms with Gasteiger partial charge >= 0.3 is 11.9 Å². The first kappa shape index (κ1) is 26.1. The molecule has 0 saturated carbocycles. The molecule has 2 aromatic rings. The fourth-order valence-electron chi connectivity index (χ4n) is 2.60. The van der Waals surface area contributed by atoms with Gasteiger partial charge in [0.05, 0.1) is 9.85 Å². The van der Waals surface area contributed by atoms with E-state index in [0.29, 0.717) is 12.8 Å². The molecule has 0 fully saturated rings. The van der Waals surface area contributed by atoms with Crippen molar-refractivity contribution in [1.29, 1.82) is 0 Å². The van der Waals surface area contributed by atoms with Crippen molar-refractivity contribution in [3.05, 3.63) is 79.9 Å². The van der Waals surface area contributed by atoms with Crippen LogP contribution in [0.3, 0.4) is 0 Å². The molecule has 0 saturated heterocycles. The number of hydrogen-bond acceptors (Lipinski definition) is 8. The number of nitrogens with zero attached hydrogens (tertiary/aromatic N) is 2. The fourth-order valence-corrected chi connectivity index (χ4v) is 2.60. The third-order valence-electron chi connectivity index (χ3n) is 4.47. The Balaban J connectivity index is 0.000000320. The second kappa shape index (κ2) is 12.7. The number of hydrogen-bond donors (Lipinski definition) is 4. The molecule has 0 unspecified atom stereocenters. The number of aliphatic carboxylic acids is 2. The maximum Gasteiger partial charge on any atom is 0.321 e. The number of benzene rings is 2. The van der Waals surface area contributed by atoms with Crippen molar-refractivity contribution >= 4 is 23.3 Å². The van der Waals surface area contributed by atoms with E-state index in [4.69, 9.17) is 10.2 Å². The van der Waals surface area contributed by atoms with E-state index < -0.39 is 33.9 Å². The molecular formula is C20H24N4O8. The highest BCUT2D eigenvalue weighted by molar-refractivity contribution is 5.74. The van der Waals surface area contributed by atoms with Crippen LogP contribution in [0.2, 0.25) is 0 Å². The maximum absolute atomic E-state index is 10.7. The molecule has 12 nitrogen and oxygen atoms in total. The molecule has 0 spiro atoms. The van der Waals surface area contributed by atoms with Crippen molar-refractivity contribution in [3.8, 4) is 0 Å². The topological polar surface area (TPSA) is 185 Å². The summed E-state index contributed by atoms with van der Waals surface area (Å²) in [7, 11) is 3.12. The zero-order valence-electron chi connectivity index (χ0n) is 17.4. The first-order valence-corrected chi connectivity index (χ1v) is 9.35. The van der Waals surface area contributed by atoms with Crippen LogP contribution < -0.4 is 10.6 Å². The SMILES string of the molecule is CN[C@@H](Cc1ccc([N+](=O)[O-])cc1)C(=O)O.CN[C@@H](Cc1ccc([N+](=O)[O-])cc1)C(=O)O. The van der Waals surface area contributed by atoms with Crippen LogP contribution in [-0.2, 0) is 22.4 Å². The van der Waals surface area contributed by atoms with E-state index in [1.807, 2.05) is 0 Å². The van der Waals surface area contributed by atoms with E-state index >= 15 is 0 Å². The van der Waals surface area contributed by atoms with Gasteiger partial charge in [-0.1, -0.05) is 24.3 Å². The Kier molecular flexibility index (Phi) is 10.4. The predicted octanol–water partition coefficient (Wildman–Crippen LogP) is 1.62. The number of non-ortho nitro benzene ring substituents is 2. The largest absolute Gasteiger partial charge is 0.480 e. The van der Waals surface area contributed by atoms with E-state index in [9.17, 15) is 29.8 Å². The zero-order chi connectivity index (χ0) is 24.3. The highest BCUT2D eigenvalue weighted by Crippen LogP contribution is 2.14. The van der Waals surface area contributed by atoms with E-state index in [1.54, 1.807) is 38.4 Å².